The molecule has 0 aromatic heterocycles. The Bertz CT molecular complexity index is 794. The van der Waals surface area contributed by atoms with Gasteiger partial charge in [0, 0.05) is 19.3 Å². The van der Waals surface area contributed by atoms with E-state index in [1.807, 2.05) is 0 Å². The molecule has 51 heavy (non-hydrogen) atoms. The van der Waals surface area contributed by atoms with E-state index in [0.29, 0.717) is 19.3 Å². The first-order valence-corrected chi connectivity index (χ1v) is 22.2. The van der Waals surface area contributed by atoms with Crippen LogP contribution in [-0.2, 0) is 28.6 Å². The molecule has 0 aliphatic rings. The molecule has 0 N–H and O–H groups in total. The van der Waals surface area contributed by atoms with Crippen molar-refractivity contribution in [1.29, 1.82) is 0 Å². The summed E-state index contributed by atoms with van der Waals surface area (Å²) in [4.78, 5) is 37.5. The van der Waals surface area contributed by atoms with E-state index in [-0.39, 0.29) is 31.1 Å². The standard InChI is InChI=1S/C45H84O6/c1-4-7-10-13-16-19-20-21-22-23-24-27-29-32-35-38-44(47)50-41-42(51-45(48)39-36-33-30-26-18-15-12-9-6-3)40-49-43(46)37-34-31-28-25-17-14-11-8-5-2/h21-22,42H,4-20,23-41H2,1-3H3/b22-21-/t42-/m0/s1. The van der Waals surface area contributed by atoms with Crippen LogP contribution in [0.3, 0.4) is 0 Å². The number of rotatable bonds is 40. The van der Waals surface area contributed by atoms with Crippen LogP contribution in [0.15, 0.2) is 12.2 Å². The van der Waals surface area contributed by atoms with E-state index in [9.17, 15) is 14.4 Å². The molecule has 1 atom stereocenters. The lowest BCUT2D eigenvalue weighted by atomic mass is 10.1. The zero-order chi connectivity index (χ0) is 37.3. The highest BCUT2D eigenvalue weighted by Gasteiger charge is 2.19. The normalized spacial score (nSPS) is 12.0. The minimum Gasteiger partial charge on any atom is -0.462 e. The summed E-state index contributed by atoms with van der Waals surface area (Å²) in [5, 5.41) is 0. The molecule has 0 aliphatic heterocycles. The van der Waals surface area contributed by atoms with Crippen LogP contribution >= 0.6 is 0 Å². The van der Waals surface area contributed by atoms with Crippen LogP contribution in [0.25, 0.3) is 0 Å². The molecule has 0 amide bonds. The monoisotopic (exact) mass is 721 g/mol. The Balaban J connectivity index is 4.30. The lowest BCUT2D eigenvalue weighted by Crippen LogP contribution is -2.30. The van der Waals surface area contributed by atoms with Crippen molar-refractivity contribution >= 4 is 17.9 Å². The van der Waals surface area contributed by atoms with E-state index >= 15 is 0 Å². The van der Waals surface area contributed by atoms with Gasteiger partial charge in [-0.25, -0.2) is 0 Å². The smallest absolute Gasteiger partial charge is 0.306 e. The SMILES string of the molecule is CCCCCCCC/C=C\CCCCCCCC(=O)OC[C@H](COC(=O)CCCCCCCCCCC)OC(=O)CCCCCCCCCCC. The largest absolute Gasteiger partial charge is 0.462 e. The number of hydrogen-bond acceptors (Lipinski definition) is 6. The highest BCUT2D eigenvalue weighted by Crippen LogP contribution is 2.14. The van der Waals surface area contributed by atoms with Crippen molar-refractivity contribution in [2.75, 3.05) is 13.2 Å². The molecule has 0 rings (SSSR count). The van der Waals surface area contributed by atoms with E-state index < -0.39 is 6.10 Å². The van der Waals surface area contributed by atoms with Gasteiger partial charge >= 0.3 is 17.9 Å². The molecule has 300 valence electrons. The summed E-state index contributed by atoms with van der Waals surface area (Å²) in [7, 11) is 0. The second-order valence-corrected chi connectivity index (χ2v) is 15.0. The number of carbonyl (C=O) groups excluding carboxylic acids is 3. The minimum absolute atomic E-state index is 0.0690. The average molecular weight is 721 g/mol. The maximum absolute atomic E-state index is 12.6. The van der Waals surface area contributed by atoms with Crippen molar-refractivity contribution in [2.45, 2.75) is 245 Å². The molecule has 0 aromatic carbocycles. The third-order valence-corrected chi connectivity index (χ3v) is 9.77. The van der Waals surface area contributed by atoms with Gasteiger partial charge in [-0.2, -0.15) is 0 Å². The highest BCUT2D eigenvalue weighted by atomic mass is 16.6. The molecule has 0 radical (unpaired) electrons. The summed E-state index contributed by atoms with van der Waals surface area (Å²) in [5.74, 6) is -0.877. The Morgan fingerprint density at radius 2 is 0.647 bits per heavy atom. The number of esters is 3. The lowest BCUT2D eigenvalue weighted by Gasteiger charge is -2.18. The Kier molecular flexibility index (Phi) is 39.4. The van der Waals surface area contributed by atoms with E-state index in [0.717, 1.165) is 64.2 Å². The molecular weight excluding hydrogens is 636 g/mol. The minimum atomic E-state index is -0.763. The van der Waals surface area contributed by atoms with Gasteiger partial charge in [-0.15, -0.1) is 0 Å². The Hall–Kier alpha value is -1.85. The van der Waals surface area contributed by atoms with Crippen molar-refractivity contribution in [2.24, 2.45) is 0 Å². The second-order valence-electron chi connectivity index (χ2n) is 15.0. The van der Waals surface area contributed by atoms with Crippen molar-refractivity contribution in [1.82, 2.24) is 0 Å². The van der Waals surface area contributed by atoms with Crippen molar-refractivity contribution in [3.63, 3.8) is 0 Å². The van der Waals surface area contributed by atoms with Crippen LogP contribution in [-0.4, -0.2) is 37.2 Å². The van der Waals surface area contributed by atoms with Crippen LogP contribution in [0.5, 0.6) is 0 Å². The molecule has 0 aromatic rings. The van der Waals surface area contributed by atoms with E-state index in [4.69, 9.17) is 14.2 Å². The number of carbonyl (C=O) groups is 3. The molecule has 0 unspecified atom stereocenters. The first-order chi connectivity index (χ1) is 25.0. The summed E-state index contributed by atoms with van der Waals surface area (Å²) < 4.78 is 16.6. The summed E-state index contributed by atoms with van der Waals surface area (Å²) >= 11 is 0. The first kappa shape index (κ1) is 49.1. The zero-order valence-electron chi connectivity index (χ0n) is 34.1. The van der Waals surface area contributed by atoms with E-state index in [1.54, 1.807) is 0 Å². The maximum atomic E-state index is 12.6. The van der Waals surface area contributed by atoms with Gasteiger partial charge in [-0.05, 0) is 44.9 Å². The van der Waals surface area contributed by atoms with Crippen molar-refractivity contribution in [3.05, 3.63) is 12.2 Å². The van der Waals surface area contributed by atoms with Gasteiger partial charge in [0.05, 0.1) is 0 Å². The van der Waals surface area contributed by atoms with Crippen LogP contribution in [0.1, 0.15) is 239 Å². The quantitative estimate of drug-likeness (QED) is 0.0271. The van der Waals surface area contributed by atoms with Gasteiger partial charge in [-0.1, -0.05) is 187 Å². The number of allylic oxidation sites excluding steroid dienone is 2. The molecule has 6 heteroatoms. The third-order valence-electron chi connectivity index (χ3n) is 9.77. The number of ether oxygens (including phenoxy) is 3. The molecule has 0 saturated heterocycles. The predicted molar refractivity (Wildman–Crippen MR) is 215 cm³/mol. The molecular formula is C45H84O6. The summed E-state index contributed by atoms with van der Waals surface area (Å²) in [5.41, 5.74) is 0. The van der Waals surface area contributed by atoms with Gasteiger partial charge in [0.1, 0.15) is 13.2 Å². The maximum Gasteiger partial charge on any atom is 0.306 e. The zero-order valence-corrected chi connectivity index (χ0v) is 34.1. The summed E-state index contributed by atoms with van der Waals surface area (Å²) in [6, 6.07) is 0. The van der Waals surface area contributed by atoms with Gasteiger partial charge in [-0.3, -0.25) is 14.4 Å². The van der Waals surface area contributed by atoms with Crippen LogP contribution in [0, 0.1) is 0 Å². The molecule has 0 fully saturated rings. The van der Waals surface area contributed by atoms with Gasteiger partial charge < -0.3 is 14.2 Å². The van der Waals surface area contributed by atoms with Crippen LogP contribution < -0.4 is 0 Å². The first-order valence-electron chi connectivity index (χ1n) is 22.2. The molecule has 0 spiro atoms. The fourth-order valence-electron chi connectivity index (χ4n) is 6.38. The lowest BCUT2D eigenvalue weighted by molar-refractivity contribution is -0.167. The van der Waals surface area contributed by atoms with E-state index in [2.05, 4.69) is 32.9 Å². The molecule has 0 bridgehead atoms. The predicted octanol–water partition coefficient (Wildman–Crippen LogP) is 13.9. The average Bonchev–Trinajstić information content (AvgIpc) is 3.12. The van der Waals surface area contributed by atoms with Gasteiger partial charge in [0.2, 0.25) is 0 Å². The molecule has 6 nitrogen and oxygen atoms in total. The van der Waals surface area contributed by atoms with Crippen molar-refractivity contribution in [3.8, 4) is 0 Å². The second kappa shape index (κ2) is 40.9. The van der Waals surface area contributed by atoms with Crippen LogP contribution in [0.4, 0.5) is 0 Å². The molecule has 0 saturated carbocycles. The van der Waals surface area contributed by atoms with Gasteiger partial charge in [0.15, 0.2) is 6.10 Å². The third kappa shape index (κ3) is 39.2. The number of hydrogen-bond donors (Lipinski definition) is 0. The topological polar surface area (TPSA) is 78.9 Å². The number of unbranched alkanes of at least 4 members (excludes halogenated alkanes) is 27. The fraction of sp³-hybridized carbons (Fsp3) is 0.889. The molecule has 0 heterocycles. The van der Waals surface area contributed by atoms with E-state index in [1.165, 1.54) is 135 Å². The highest BCUT2D eigenvalue weighted by molar-refractivity contribution is 5.71. The fourth-order valence-corrected chi connectivity index (χ4v) is 6.38. The molecule has 0 aliphatic carbocycles. The van der Waals surface area contributed by atoms with Crippen LogP contribution in [0.2, 0.25) is 0 Å². The Morgan fingerprint density at radius 1 is 0.373 bits per heavy atom. The summed E-state index contributed by atoms with van der Waals surface area (Å²) in [6.07, 6.45) is 41.9. The summed E-state index contributed by atoms with van der Waals surface area (Å²) in [6.45, 7) is 6.59. The van der Waals surface area contributed by atoms with Gasteiger partial charge in [0.25, 0.3) is 0 Å². The van der Waals surface area contributed by atoms with Crippen molar-refractivity contribution < 1.29 is 28.6 Å². The Morgan fingerprint density at radius 3 is 0.980 bits per heavy atom. The Labute approximate surface area is 316 Å².